The number of hydrogen-bond donors (Lipinski definition) is 0. The highest BCUT2D eigenvalue weighted by molar-refractivity contribution is 6.91. The van der Waals surface area contributed by atoms with Crippen molar-refractivity contribution in [2.45, 2.75) is 91.3 Å². The minimum Gasteiger partial charge on any atom is -0.0675 e. The fourth-order valence-electron chi connectivity index (χ4n) is 3.16. The fourth-order valence-corrected chi connectivity index (χ4v) is 6.81. The molecule has 1 heteroatoms. The van der Waals surface area contributed by atoms with Crippen molar-refractivity contribution in [3.05, 3.63) is 29.3 Å². The third-order valence-electron chi connectivity index (χ3n) is 5.31. The van der Waals surface area contributed by atoms with E-state index in [2.05, 4.69) is 80.5 Å². The van der Waals surface area contributed by atoms with Gasteiger partial charge in [-0.3, -0.25) is 0 Å². The van der Waals surface area contributed by atoms with Crippen LogP contribution in [0.3, 0.4) is 0 Å². The Morgan fingerprint density at radius 3 is 1.24 bits per heavy atom. The van der Waals surface area contributed by atoms with Crippen LogP contribution in [0.5, 0.6) is 0 Å². The van der Waals surface area contributed by atoms with Gasteiger partial charge in [-0.1, -0.05) is 104 Å². The topological polar surface area (TPSA) is 0 Å². The van der Waals surface area contributed by atoms with E-state index in [1.165, 1.54) is 29.3 Å². The first-order valence-corrected chi connectivity index (χ1v) is 11.3. The van der Waals surface area contributed by atoms with Gasteiger partial charge in [-0.05, 0) is 22.0 Å². The maximum absolute atomic E-state index is 2.54. The molecular formula is C20H36Si. The number of benzene rings is 1. The lowest BCUT2D eigenvalue weighted by Crippen LogP contribution is -2.46. The first-order valence-electron chi connectivity index (χ1n) is 8.66. The van der Waals surface area contributed by atoms with Gasteiger partial charge in [0.05, 0.1) is 8.07 Å². The highest BCUT2D eigenvalue weighted by Crippen LogP contribution is 2.30. The van der Waals surface area contributed by atoms with Gasteiger partial charge in [0.1, 0.15) is 0 Å². The van der Waals surface area contributed by atoms with Crippen molar-refractivity contribution in [2.75, 3.05) is 0 Å². The smallest absolute Gasteiger partial charge is 0.0675 e. The minimum atomic E-state index is -1.31. The standard InChI is InChI=1S/C20H36Si/c1-10-21(11-2,12-3)18-14-16(19(4,5)6)13-17(15-18)20(7,8)9/h13-15H,10-12H2,1-9H3. The molecule has 1 rings (SSSR count). The Balaban J connectivity index is 3.59. The van der Waals surface area contributed by atoms with Crippen LogP contribution in [0.25, 0.3) is 0 Å². The number of rotatable bonds is 4. The van der Waals surface area contributed by atoms with Gasteiger partial charge in [-0.15, -0.1) is 0 Å². The van der Waals surface area contributed by atoms with E-state index in [1.807, 2.05) is 0 Å². The lowest BCUT2D eigenvalue weighted by Gasteiger charge is -2.33. The van der Waals surface area contributed by atoms with E-state index in [1.54, 1.807) is 5.19 Å². The summed E-state index contributed by atoms with van der Waals surface area (Å²) in [7, 11) is -1.31. The maximum atomic E-state index is 2.54. The molecule has 0 radical (unpaired) electrons. The molecule has 0 fully saturated rings. The van der Waals surface area contributed by atoms with E-state index in [0.717, 1.165) is 0 Å². The monoisotopic (exact) mass is 304 g/mol. The van der Waals surface area contributed by atoms with Gasteiger partial charge < -0.3 is 0 Å². The summed E-state index contributed by atoms with van der Waals surface area (Å²) in [5, 5.41) is 1.69. The van der Waals surface area contributed by atoms with Crippen LogP contribution < -0.4 is 5.19 Å². The Bertz CT molecular complexity index is 427. The van der Waals surface area contributed by atoms with E-state index in [-0.39, 0.29) is 10.8 Å². The predicted molar refractivity (Wildman–Crippen MR) is 101 cm³/mol. The second kappa shape index (κ2) is 6.28. The summed E-state index contributed by atoms with van der Waals surface area (Å²) < 4.78 is 0. The molecule has 0 aliphatic heterocycles. The summed E-state index contributed by atoms with van der Waals surface area (Å²) in [5.74, 6) is 0. The molecule has 1 aromatic carbocycles. The number of hydrogen-bond acceptors (Lipinski definition) is 0. The lowest BCUT2D eigenvalue weighted by molar-refractivity contribution is 0.569. The molecule has 0 N–H and O–H groups in total. The zero-order valence-electron chi connectivity index (χ0n) is 15.9. The Morgan fingerprint density at radius 2 is 1.00 bits per heavy atom. The Morgan fingerprint density at radius 1 is 0.667 bits per heavy atom. The molecular weight excluding hydrogens is 268 g/mol. The van der Waals surface area contributed by atoms with Gasteiger partial charge >= 0.3 is 0 Å². The molecule has 0 saturated carbocycles. The molecule has 1 aromatic rings. The van der Waals surface area contributed by atoms with Crippen molar-refractivity contribution in [1.29, 1.82) is 0 Å². The van der Waals surface area contributed by atoms with Gasteiger partial charge in [-0.2, -0.15) is 0 Å². The van der Waals surface area contributed by atoms with Crippen LogP contribution >= 0.6 is 0 Å². The first kappa shape index (κ1) is 18.5. The zero-order chi connectivity index (χ0) is 16.5. The molecule has 0 atom stereocenters. The largest absolute Gasteiger partial charge is 0.0859 e. The fraction of sp³-hybridized carbons (Fsp3) is 0.700. The molecule has 0 saturated heterocycles. The molecule has 0 bridgehead atoms. The van der Waals surface area contributed by atoms with Gasteiger partial charge in [0, 0.05) is 0 Å². The quantitative estimate of drug-likeness (QED) is 0.599. The zero-order valence-corrected chi connectivity index (χ0v) is 16.9. The lowest BCUT2D eigenvalue weighted by atomic mass is 9.81. The first-order chi connectivity index (χ1) is 9.50. The molecule has 0 spiro atoms. The minimum absolute atomic E-state index is 0.228. The van der Waals surface area contributed by atoms with Crippen molar-refractivity contribution < 1.29 is 0 Å². The third kappa shape index (κ3) is 4.00. The van der Waals surface area contributed by atoms with Gasteiger partial charge in [0.15, 0.2) is 0 Å². The second-order valence-electron chi connectivity index (χ2n) is 8.64. The highest BCUT2D eigenvalue weighted by Gasteiger charge is 2.31. The van der Waals surface area contributed by atoms with E-state index >= 15 is 0 Å². The van der Waals surface area contributed by atoms with Crippen molar-refractivity contribution in [3.8, 4) is 0 Å². The Hall–Kier alpha value is -0.563. The van der Waals surface area contributed by atoms with Crippen LogP contribution in [-0.4, -0.2) is 8.07 Å². The van der Waals surface area contributed by atoms with Crippen LogP contribution in [0.4, 0.5) is 0 Å². The van der Waals surface area contributed by atoms with Crippen LogP contribution in [0.15, 0.2) is 18.2 Å². The average Bonchev–Trinajstić information content (AvgIpc) is 2.39. The molecule has 0 aromatic heterocycles. The predicted octanol–water partition coefficient (Wildman–Crippen LogP) is 6.00. The van der Waals surface area contributed by atoms with Crippen molar-refractivity contribution in [2.24, 2.45) is 0 Å². The molecule has 0 unspecified atom stereocenters. The molecule has 21 heavy (non-hydrogen) atoms. The van der Waals surface area contributed by atoms with Crippen molar-refractivity contribution in [3.63, 3.8) is 0 Å². The molecule has 0 nitrogen and oxygen atoms in total. The van der Waals surface area contributed by atoms with E-state index < -0.39 is 8.07 Å². The summed E-state index contributed by atoms with van der Waals surface area (Å²) in [6.45, 7) is 21.2. The van der Waals surface area contributed by atoms with Crippen molar-refractivity contribution in [1.82, 2.24) is 0 Å². The molecule has 0 amide bonds. The van der Waals surface area contributed by atoms with Crippen LogP contribution in [0.2, 0.25) is 18.1 Å². The summed E-state index contributed by atoms with van der Waals surface area (Å²) in [5.41, 5.74) is 3.48. The molecule has 0 heterocycles. The maximum Gasteiger partial charge on any atom is 0.0859 e. The van der Waals surface area contributed by atoms with Crippen LogP contribution in [0, 0.1) is 0 Å². The van der Waals surface area contributed by atoms with Gasteiger partial charge in [0.25, 0.3) is 0 Å². The summed E-state index contributed by atoms with van der Waals surface area (Å²) in [6, 6.07) is 11.6. The average molecular weight is 305 g/mol. The summed E-state index contributed by atoms with van der Waals surface area (Å²) in [6.07, 6.45) is 0. The SMILES string of the molecule is CC[Si](CC)(CC)c1cc(C(C)(C)C)cc(C(C)(C)C)c1. The Kier molecular flexibility index (Phi) is 5.53. The molecule has 120 valence electrons. The van der Waals surface area contributed by atoms with Gasteiger partial charge in [-0.25, -0.2) is 0 Å². The van der Waals surface area contributed by atoms with Gasteiger partial charge in [0.2, 0.25) is 0 Å². The van der Waals surface area contributed by atoms with E-state index in [4.69, 9.17) is 0 Å². The van der Waals surface area contributed by atoms with Crippen LogP contribution in [-0.2, 0) is 10.8 Å². The highest BCUT2D eigenvalue weighted by atomic mass is 28.3. The molecule has 0 aliphatic rings. The van der Waals surface area contributed by atoms with Crippen molar-refractivity contribution >= 4 is 13.3 Å². The van der Waals surface area contributed by atoms with E-state index in [9.17, 15) is 0 Å². The second-order valence-corrected chi connectivity index (χ2v) is 13.9. The summed E-state index contributed by atoms with van der Waals surface area (Å²) >= 11 is 0. The summed E-state index contributed by atoms with van der Waals surface area (Å²) in [4.78, 5) is 0. The third-order valence-corrected chi connectivity index (χ3v) is 10.9. The van der Waals surface area contributed by atoms with E-state index in [0.29, 0.717) is 0 Å². The Labute approximate surface area is 134 Å². The molecule has 0 aliphatic carbocycles. The normalized spacial score (nSPS) is 13.6. The van der Waals surface area contributed by atoms with Crippen LogP contribution in [0.1, 0.15) is 73.4 Å².